The number of nitrogens with one attached hydrogen (secondary N) is 1. The van der Waals surface area contributed by atoms with Gasteiger partial charge in [-0.1, -0.05) is 30.4 Å². The topological polar surface area (TPSA) is 107 Å². The molecular formula is C23H27N3O6S2. The van der Waals surface area contributed by atoms with Gasteiger partial charge >= 0.3 is 0 Å². The lowest BCUT2D eigenvalue weighted by atomic mass is 10.0. The number of hydrogen-bond donors (Lipinski definition) is 1. The molecule has 182 valence electrons. The van der Waals surface area contributed by atoms with Crippen LogP contribution in [0.15, 0.2) is 41.3 Å². The Hall–Kier alpha value is -2.73. The van der Waals surface area contributed by atoms with E-state index in [1.165, 1.54) is 11.3 Å². The van der Waals surface area contributed by atoms with Gasteiger partial charge in [0.15, 0.2) is 26.5 Å². The van der Waals surface area contributed by atoms with Gasteiger partial charge < -0.3 is 19.5 Å². The number of carbonyl (C=O) groups is 1. The van der Waals surface area contributed by atoms with E-state index in [1.54, 1.807) is 51.5 Å². The van der Waals surface area contributed by atoms with Crippen LogP contribution in [0, 0.1) is 0 Å². The van der Waals surface area contributed by atoms with Gasteiger partial charge in [-0.3, -0.25) is 9.69 Å². The number of fused-ring (bicyclic) bond motifs is 1. The molecule has 2 aromatic carbocycles. The summed E-state index contributed by atoms with van der Waals surface area (Å²) >= 11 is 1.34. The van der Waals surface area contributed by atoms with Crippen LogP contribution in [-0.2, 0) is 19.4 Å². The quantitative estimate of drug-likeness (QED) is 0.498. The van der Waals surface area contributed by atoms with Crippen LogP contribution in [0.5, 0.6) is 11.5 Å². The Kier molecular flexibility index (Phi) is 7.36. The van der Waals surface area contributed by atoms with Gasteiger partial charge in [0.1, 0.15) is 6.04 Å². The fraction of sp³-hybridized carbons (Fsp3) is 0.391. The van der Waals surface area contributed by atoms with Crippen molar-refractivity contribution in [3.8, 4) is 11.5 Å². The maximum atomic E-state index is 13.5. The second-order valence-electron chi connectivity index (χ2n) is 7.71. The molecule has 1 fully saturated rings. The second kappa shape index (κ2) is 10.3. The van der Waals surface area contributed by atoms with Crippen LogP contribution in [0.1, 0.15) is 18.5 Å². The zero-order valence-electron chi connectivity index (χ0n) is 19.2. The minimum absolute atomic E-state index is 0.0207. The highest BCUT2D eigenvalue weighted by Crippen LogP contribution is 2.36. The number of methoxy groups -OCH3 is 2. The third-order valence-electron chi connectivity index (χ3n) is 5.72. The van der Waals surface area contributed by atoms with Gasteiger partial charge in [0.25, 0.3) is 0 Å². The second-order valence-corrected chi connectivity index (χ2v) is 11.0. The molecule has 9 nitrogen and oxygen atoms in total. The fourth-order valence-electron chi connectivity index (χ4n) is 3.87. The molecule has 1 unspecified atom stereocenters. The fourth-order valence-corrected chi connectivity index (χ4v) is 5.63. The summed E-state index contributed by atoms with van der Waals surface area (Å²) in [5.41, 5.74) is 1.40. The molecule has 0 aliphatic carbocycles. The van der Waals surface area contributed by atoms with Crippen molar-refractivity contribution in [1.29, 1.82) is 0 Å². The predicted molar refractivity (Wildman–Crippen MR) is 131 cm³/mol. The largest absolute Gasteiger partial charge is 0.493 e. The zero-order chi connectivity index (χ0) is 24.3. The molecule has 0 bridgehead atoms. The molecule has 3 aromatic rings. The molecule has 0 saturated carbocycles. The number of amides is 1. The van der Waals surface area contributed by atoms with E-state index in [-0.39, 0.29) is 16.6 Å². The molecule has 1 saturated heterocycles. The van der Waals surface area contributed by atoms with Crippen LogP contribution in [-0.4, -0.2) is 70.5 Å². The van der Waals surface area contributed by atoms with Crippen LogP contribution in [0.2, 0.25) is 0 Å². The number of benzene rings is 2. The lowest BCUT2D eigenvalue weighted by Crippen LogP contribution is -2.43. The number of aromatic nitrogens is 1. The Balaban J connectivity index is 1.63. The number of anilines is 1. The van der Waals surface area contributed by atoms with E-state index in [1.807, 2.05) is 11.0 Å². The number of nitrogens with zero attached hydrogens (tertiary/aromatic N) is 2. The van der Waals surface area contributed by atoms with Crippen molar-refractivity contribution in [2.45, 2.75) is 17.9 Å². The summed E-state index contributed by atoms with van der Waals surface area (Å²) < 4.78 is 41.4. The monoisotopic (exact) mass is 505 g/mol. The highest BCUT2D eigenvalue weighted by molar-refractivity contribution is 7.91. The average molecular weight is 506 g/mol. The summed E-state index contributed by atoms with van der Waals surface area (Å²) in [5, 5.41) is 3.40. The van der Waals surface area contributed by atoms with E-state index >= 15 is 0 Å². The standard InChI is InChI=1S/C23H27N3O6S2/c1-4-34(28,29)16-7-5-15(6-8-16)21(26-9-11-32-12-10-26)22(27)25-23-24-17-13-18(30-2)19(31-3)14-20(17)33-23/h5-8,13-14,21H,4,9-12H2,1-3H3,(H,24,25,27). The van der Waals surface area contributed by atoms with Gasteiger partial charge in [-0.2, -0.15) is 0 Å². The third kappa shape index (κ3) is 5.02. The Morgan fingerprint density at radius 2 is 1.79 bits per heavy atom. The zero-order valence-corrected chi connectivity index (χ0v) is 20.9. The van der Waals surface area contributed by atoms with Crippen molar-refractivity contribution < 1.29 is 27.4 Å². The molecule has 0 radical (unpaired) electrons. The molecule has 0 spiro atoms. The van der Waals surface area contributed by atoms with Crippen LogP contribution in [0.25, 0.3) is 10.2 Å². The molecule has 1 aromatic heterocycles. The number of hydrogen-bond acceptors (Lipinski definition) is 9. The van der Waals surface area contributed by atoms with E-state index in [0.717, 1.165) is 4.70 Å². The van der Waals surface area contributed by atoms with Crippen molar-refractivity contribution in [3.63, 3.8) is 0 Å². The number of carbonyl (C=O) groups excluding carboxylic acids is 1. The molecule has 1 N–H and O–H groups in total. The smallest absolute Gasteiger partial charge is 0.248 e. The van der Waals surface area contributed by atoms with E-state index in [0.29, 0.717) is 54.0 Å². The van der Waals surface area contributed by atoms with Crippen LogP contribution in [0.3, 0.4) is 0 Å². The normalized spacial score (nSPS) is 15.7. The van der Waals surface area contributed by atoms with Crippen molar-refractivity contribution in [3.05, 3.63) is 42.0 Å². The molecule has 1 amide bonds. The third-order valence-corrected chi connectivity index (χ3v) is 8.40. The van der Waals surface area contributed by atoms with Crippen molar-refractivity contribution >= 4 is 42.4 Å². The predicted octanol–water partition coefficient (Wildman–Crippen LogP) is 3.12. The van der Waals surface area contributed by atoms with Crippen molar-refractivity contribution in [2.24, 2.45) is 0 Å². The van der Waals surface area contributed by atoms with Gasteiger partial charge in [-0.25, -0.2) is 13.4 Å². The van der Waals surface area contributed by atoms with E-state index in [9.17, 15) is 13.2 Å². The molecular weight excluding hydrogens is 478 g/mol. The van der Waals surface area contributed by atoms with Crippen molar-refractivity contribution in [2.75, 3.05) is 51.6 Å². The Bertz CT molecular complexity index is 1230. The molecule has 1 aliphatic rings. The first-order valence-electron chi connectivity index (χ1n) is 10.8. The molecule has 1 atom stereocenters. The van der Waals surface area contributed by atoms with Crippen LogP contribution >= 0.6 is 11.3 Å². The van der Waals surface area contributed by atoms with Gasteiger partial charge in [-0.05, 0) is 17.7 Å². The average Bonchev–Trinajstić information content (AvgIpc) is 3.25. The highest BCUT2D eigenvalue weighted by Gasteiger charge is 2.30. The van der Waals surface area contributed by atoms with E-state index < -0.39 is 15.9 Å². The summed E-state index contributed by atoms with van der Waals surface area (Å²) in [6.45, 7) is 3.82. The minimum Gasteiger partial charge on any atom is -0.493 e. The summed E-state index contributed by atoms with van der Waals surface area (Å²) in [7, 11) is -0.199. The van der Waals surface area contributed by atoms with Crippen LogP contribution in [0.4, 0.5) is 5.13 Å². The molecule has 2 heterocycles. The van der Waals surface area contributed by atoms with Gasteiger partial charge in [-0.15, -0.1) is 0 Å². The lowest BCUT2D eigenvalue weighted by Gasteiger charge is -2.33. The number of sulfone groups is 1. The van der Waals surface area contributed by atoms with Crippen molar-refractivity contribution in [1.82, 2.24) is 9.88 Å². The highest BCUT2D eigenvalue weighted by atomic mass is 32.2. The molecule has 11 heteroatoms. The van der Waals surface area contributed by atoms with E-state index in [4.69, 9.17) is 14.2 Å². The first-order chi connectivity index (χ1) is 16.4. The Morgan fingerprint density at radius 3 is 2.41 bits per heavy atom. The molecule has 4 rings (SSSR count). The minimum atomic E-state index is -3.32. The van der Waals surface area contributed by atoms with Crippen LogP contribution < -0.4 is 14.8 Å². The van der Waals surface area contributed by atoms with Gasteiger partial charge in [0.2, 0.25) is 5.91 Å². The maximum Gasteiger partial charge on any atom is 0.248 e. The van der Waals surface area contributed by atoms with Gasteiger partial charge in [0.05, 0.1) is 48.3 Å². The van der Waals surface area contributed by atoms with Gasteiger partial charge in [0, 0.05) is 25.2 Å². The summed E-state index contributed by atoms with van der Waals surface area (Å²) in [6, 6.07) is 9.52. The summed E-state index contributed by atoms with van der Waals surface area (Å²) in [6.07, 6.45) is 0. The van der Waals surface area contributed by atoms with E-state index in [2.05, 4.69) is 10.3 Å². The lowest BCUT2D eigenvalue weighted by molar-refractivity contribution is -0.123. The number of morpholine rings is 1. The first kappa shape index (κ1) is 24.4. The SMILES string of the molecule is CCS(=O)(=O)c1ccc(C(C(=O)Nc2nc3cc(OC)c(OC)cc3s2)N2CCOCC2)cc1. The number of rotatable bonds is 8. The molecule has 1 aliphatic heterocycles. The summed E-state index contributed by atoms with van der Waals surface area (Å²) in [5.74, 6) is 0.926. The number of ether oxygens (including phenoxy) is 3. The summed E-state index contributed by atoms with van der Waals surface area (Å²) in [4.78, 5) is 20.3. The number of thiazole rings is 1. The molecule has 34 heavy (non-hydrogen) atoms. The first-order valence-corrected chi connectivity index (χ1v) is 13.3. The Labute approximate surface area is 202 Å². The maximum absolute atomic E-state index is 13.5. The Morgan fingerprint density at radius 1 is 1.15 bits per heavy atom.